The molecule has 0 aliphatic rings. The lowest BCUT2D eigenvalue weighted by Crippen LogP contribution is -2.08. The Morgan fingerprint density at radius 2 is 1.95 bits per heavy atom. The first-order chi connectivity index (χ1) is 9.83. The summed E-state index contributed by atoms with van der Waals surface area (Å²) in [4.78, 5) is -0.0443. The van der Waals surface area contributed by atoms with Gasteiger partial charge in [-0.15, -0.1) is 0 Å². The van der Waals surface area contributed by atoms with Crippen molar-refractivity contribution < 1.29 is 17.5 Å². The zero-order valence-corrected chi connectivity index (χ0v) is 12.7. The quantitative estimate of drug-likeness (QED) is 0.875. The van der Waals surface area contributed by atoms with Crippen LogP contribution in [0.15, 0.2) is 41.3 Å². The minimum Gasteiger partial charge on any atom is -0.497 e. The Hall–Kier alpha value is -1.79. The van der Waals surface area contributed by atoms with E-state index in [1.54, 1.807) is 6.07 Å². The summed E-state index contributed by atoms with van der Waals surface area (Å²) < 4.78 is 43.2. The van der Waals surface area contributed by atoms with E-state index < -0.39 is 15.7 Å². The number of halogens is 2. The maximum atomic E-state index is 13.4. The zero-order valence-electron chi connectivity index (χ0n) is 11.1. The van der Waals surface area contributed by atoms with Crippen LogP contribution in [0, 0.1) is 5.82 Å². The Labute approximate surface area is 127 Å². The van der Waals surface area contributed by atoms with Gasteiger partial charge >= 0.3 is 0 Å². The Kier molecular flexibility index (Phi) is 4.39. The SMILES string of the molecule is COc1ccc(N)c(S(=O)(=O)Cc2ccc(Cl)c(F)c2)c1. The maximum absolute atomic E-state index is 13.4. The summed E-state index contributed by atoms with van der Waals surface area (Å²) in [5.41, 5.74) is 6.11. The molecule has 0 bridgehead atoms. The molecule has 0 aliphatic heterocycles. The van der Waals surface area contributed by atoms with Gasteiger partial charge in [0.1, 0.15) is 11.6 Å². The van der Waals surface area contributed by atoms with Crippen LogP contribution in [0.1, 0.15) is 5.56 Å². The van der Waals surface area contributed by atoms with E-state index in [4.69, 9.17) is 22.1 Å². The van der Waals surface area contributed by atoms with E-state index >= 15 is 0 Å². The molecule has 2 aromatic carbocycles. The van der Waals surface area contributed by atoms with Crippen molar-refractivity contribution in [2.45, 2.75) is 10.6 Å². The predicted molar refractivity (Wildman–Crippen MR) is 79.7 cm³/mol. The van der Waals surface area contributed by atoms with Gasteiger partial charge < -0.3 is 10.5 Å². The molecule has 0 atom stereocenters. The number of nitrogen functional groups attached to an aromatic ring is 1. The van der Waals surface area contributed by atoms with Crippen LogP contribution in [0.25, 0.3) is 0 Å². The van der Waals surface area contributed by atoms with Crippen molar-refractivity contribution in [1.82, 2.24) is 0 Å². The molecule has 0 fully saturated rings. The van der Waals surface area contributed by atoms with Gasteiger partial charge in [0.2, 0.25) is 0 Å². The van der Waals surface area contributed by atoms with Crippen LogP contribution in [0.4, 0.5) is 10.1 Å². The molecular formula is C14H13ClFNO3S. The van der Waals surface area contributed by atoms with Crippen molar-refractivity contribution in [1.29, 1.82) is 0 Å². The summed E-state index contributed by atoms with van der Waals surface area (Å²) in [7, 11) is -2.29. The van der Waals surface area contributed by atoms with E-state index in [2.05, 4.69) is 0 Å². The molecule has 0 unspecified atom stereocenters. The van der Waals surface area contributed by atoms with Crippen LogP contribution >= 0.6 is 11.6 Å². The van der Waals surface area contributed by atoms with Gasteiger partial charge in [0.25, 0.3) is 0 Å². The Morgan fingerprint density at radius 1 is 1.24 bits per heavy atom. The summed E-state index contributed by atoms with van der Waals surface area (Å²) in [6.45, 7) is 0. The lowest BCUT2D eigenvalue weighted by Gasteiger charge is -2.10. The molecular weight excluding hydrogens is 317 g/mol. The summed E-state index contributed by atoms with van der Waals surface area (Å²) in [5.74, 6) is -0.661. The predicted octanol–water partition coefficient (Wildman–Crippen LogP) is 3.04. The molecule has 0 spiro atoms. The Bertz CT molecular complexity index is 778. The normalized spacial score (nSPS) is 11.4. The van der Waals surface area contributed by atoms with Crippen molar-refractivity contribution in [2.24, 2.45) is 0 Å². The number of nitrogens with two attached hydrogens (primary N) is 1. The van der Waals surface area contributed by atoms with Gasteiger partial charge in [0.15, 0.2) is 9.84 Å². The fourth-order valence-corrected chi connectivity index (χ4v) is 3.45. The number of ether oxygens (including phenoxy) is 1. The fourth-order valence-electron chi connectivity index (χ4n) is 1.84. The van der Waals surface area contributed by atoms with Gasteiger partial charge in [-0.3, -0.25) is 0 Å². The van der Waals surface area contributed by atoms with Crippen LogP contribution in [0.2, 0.25) is 5.02 Å². The minimum atomic E-state index is -3.72. The van der Waals surface area contributed by atoms with Gasteiger partial charge in [-0.05, 0) is 29.8 Å². The third kappa shape index (κ3) is 3.46. The van der Waals surface area contributed by atoms with Crippen molar-refractivity contribution >= 4 is 27.1 Å². The molecule has 0 amide bonds. The second-order valence-electron chi connectivity index (χ2n) is 4.41. The van der Waals surface area contributed by atoms with Crippen LogP contribution in [0.3, 0.4) is 0 Å². The van der Waals surface area contributed by atoms with Crippen molar-refractivity contribution in [3.63, 3.8) is 0 Å². The molecule has 0 radical (unpaired) electrons. The molecule has 0 saturated heterocycles. The van der Waals surface area contributed by atoms with E-state index in [0.717, 1.165) is 6.07 Å². The first-order valence-corrected chi connectivity index (χ1v) is 7.96. The van der Waals surface area contributed by atoms with Crippen LogP contribution in [-0.4, -0.2) is 15.5 Å². The molecule has 4 nitrogen and oxygen atoms in total. The number of sulfone groups is 1. The standard InChI is InChI=1S/C14H13ClFNO3S/c1-20-10-3-5-13(17)14(7-10)21(18,19)8-9-2-4-11(15)12(16)6-9/h2-7H,8,17H2,1H3. The lowest BCUT2D eigenvalue weighted by atomic mass is 10.2. The molecule has 7 heteroatoms. The first-order valence-electron chi connectivity index (χ1n) is 5.93. The van der Waals surface area contributed by atoms with Crippen molar-refractivity contribution in [3.8, 4) is 5.75 Å². The smallest absolute Gasteiger partial charge is 0.184 e. The van der Waals surface area contributed by atoms with E-state index in [1.807, 2.05) is 0 Å². The van der Waals surface area contributed by atoms with Crippen LogP contribution in [0.5, 0.6) is 5.75 Å². The molecule has 0 aromatic heterocycles. The van der Waals surface area contributed by atoms with E-state index in [9.17, 15) is 12.8 Å². The number of hydrogen-bond donors (Lipinski definition) is 1. The second kappa shape index (κ2) is 5.91. The van der Waals surface area contributed by atoms with Gasteiger partial charge in [-0.2, -0.15) is 0 Å². The third-order valence-corrected chi connectivity index (χ3v) is 4.94. The number of hydrogen-bond acceptors (Lipinski definition) is 4. The minimum absolute atomic E-state index is 0.0443. The van der Waals surface area contributed by atoms with Gasteiger partial charge in [-0.1, -0.05) is 17.7 Å². The fraction of sp³-hybridized carbons (Fsp3) is 0.143. The lowest BCUT2D eigenvalue weighted by molar-refractivity contribution is 0.413. The van der Waals surface area contributed by atoms with Crippen molar-refractivity contribution in [3.05, 3.63) is 52.8 Å². The van der Waals surface area contributed by atoms with Crippen LogP contribution < -0.4 is 10.5 Å². The number of benzene rings is 2. The van der Waals surface area contributed by atoms with Crippen LogP contribution in [-0.2, 0) is 15.6 Å². The second-order valence-corrected chi connectivity index (χ2v) is 6.78. The molecule has 2 aromatic rings. The molecule has 21 heavy (non-hydrogen) atoms. The monoisotopic (exact) mass is 329 g/mol. The molecule has 112 valence electrons. The van der Waals surface area contributed by atoms with Gasteiger partial charge in [-0.25, -0.2) is 12.8 Å². The highest BCUT2D eigenvalue weighted by atomic mass is 35.5. The van der Waals surface area contributed by atoms with Gasteiger partial charge in [0.05, 0.1) is 28.5 Å². The summed E-state index contributed by atoms with van der Waals surface area (Å²) in [6, 6.07) is 8.23. The largest absolute Gasteiger partial charge is 0.497 e. The van der Waals surface area contributed by atoms with E-state index in [0.29, 0.717) is 11.3 Å². The van der Waals surface area contributed by atoms with E-state index in [1.165, 1.54) is 31.4 Å². The highest BCUT2D eigenvalue weighted by Crippen LogP contribution is 2.27. The highest BCUT2D eigenvalue weighted by molar-refractivity contribution is 7.90. The number of methoxy groups -OCH3 is 1. The summed E-state index contributed by atoms with van der Waals surface area (Å²) in [5, 5.41) is -0.0583. The summed E-state index contributed by atoms with van der Waals surface area (Å²) in [6.07, 6.45) is 0. The molecule has 0 aliphatic carbocycles. The zero-order chi connectivity index (χ0) is 15.6. The molecule has 2 rings (SSSR count). The number of rotatable bonds is 4. The third-order valence-electron chi connectivity index (χ3n) is 2.90. The molecule has 0 saturated carbocycles. The van der Waals surface area contributed by atoms with Gasteiger partial charge in [0, 0.05) is 6.07 Å². The molecule has 2 N–H and O–H groups in total. The molecule has 0 heterocycles. The summed E-state index contributed by atoms with van der Waals surface area (Å²) >= 11 is 5.57. The average molecular weight is 330 g/mol. The average Bonchev–Trinajstić information content (AvgIpc) is 2.43. The van der Waals surface area contributed by atoms with Crippen molar-refractivity contribution in [2.75, 3.05) is 12.8 Å². The maximum Gasteiger partial charge on any atom is 0.184 e. The first kappa shape index (κ1) is 15.6. The number of anilines is 1. The topological polar surface area (TPSA) is 69.4 Å². The Balaban J connectivity index is 2.40. The highest BCUT2D eigenvalue weighted by Gasteiger charge is 2.20. The van der Waals surface area contributed by atoms with E-state index in [-0.39, 0.29) is 21.4 Å². The Morgan fingerprint density at radius 3 is 2.57 bits per heavy atom.